The third-order valence-electron chi connectivity index (χ3n) is 2.66. The van der Waals surface area contributed by atoms with Crippen molar-refractivity contribution in [3.63, 3.8) is 0 Å². The van der Waals surface area contributed by atoms with E-state index in [4.69, 9.17) is 0 Å². The van der Waals surface area contributed by atoms with Crippen LogP contribution in [0.2, 0.25) is 0 Å². The maximum atomic E-state index is 11.9. The Hall–Kier alpha value is -3.15. The van der Waals surface area contributed by atoms with Gasteiger partial charge in [0.1, 0.15) is 5.69 Å². The van der Waals surface area contributed by atoms with Crippen LogP contribution in [-0.2, 0) is 4.74 Å². The lowest BCUT2D eigenvalue weighted by Gasteiger charge is -2.05. The SMILES string of the molecule is O=Cc1ccccc1C(=O)OC(=O)c1cccnc1C=O. The summed E-state index contributed by atoms with van der Waals surface area (Å²) in [7, 11) is 0. The maximum absolute atomic E-state index is 11.9. The van der Waals surface area contributed by atoms with Gasteiger partial charge in [0.05, 0.1) is 11.1 Å². The van der Waals surface area contributed by atoms with Crippen LogP contribution in [0.25, 0.3) is 0 Å². The molecular weight excluding hydrogens is 274 g/mol. The number of pyridine rings is 1. The molecule has 6 nitrogen and oxygen atoms in total. The van der Waals surface area contributed by atoms with E-state index in [0.717, 1.165) is 0 Å². The van der Waals surface area contributed by atoms with Gasteiger partial charge in [-0.25, -0.2) is 9.59 Å². The number of aldehydes is 2. The third kappa shape index (κ3) is 3.06. The van der Waals surface area contributed by atoms with E-state index in [1.54, 1.807) is 6.07 Å². The minimum Gasteiger partial charge on any atom is -0.386 e. The Morgan fingerprint density at radius 2 is 1.57 bits per heavy atom. The number of esters is 2. The minimum atomic E-state index is -1.00. The summed E-state index contributed by atoms with van der Waals surface area (Å²) in [6.07, 6.45) is 2.21. The first-order valence-corrected chi connectivity index (χ1v) is 5.88. The van der Waals surface area contributed by atoms with Crippen molar-refractivity contribution in [3.05, 3.63) is 65.0 Å². The normalized spacial score (nSPS) is 9.71. The van der Waals surface area contributed by atoms with Crippen molar-refractivity contribution in [1.29, 1.82) is 0 Å². The molecule has 1 heterocycles. The molecule has 0 amide bonds. The molecule has 0 aliphatic carbocycles. The van der Waals surface area contributed by atoms with Crippen LogP contribution in [0, 0.1) is 0 Å². The summed E-state index contributed by atoms with van der Waals surface area (Å²) in [5.74, 6) is -1.97. The maximum Gasteiger partial charge on any atom is 0.348 e. The highest BCUT2D eigenvalue weighted by atomic mass is 16.6. The Balaban J connectivity index is 2.25. The highest BCUT2D eigenvalue weighted by Crippen LogP contribution is 2.11. The van der Waals surface area contributed by atoms with Crippen molar-refractivity contribution < 1.29 is 23.9 Å². The second-order valence-corrected chi connectivity index (χ2v) is 3.94. The zero-order valence-electron chi connectivity index (χ0n) is 10.7. The molecule has 104 valence electrons. The summed E-state index contributed by atoms with van der Waals surface area (Å²) in [5, 5.41) is 0. The van der Waals surface area contributed by atoms with Crippen molar-refractivity contribution >= 4 is 24.5 Å². The minimum absolute atomic E-state index is 0.0302. The molecule has 0 saturated carbocycles. The molecule has 0 fully saturated rings. The van der Waals surface area contributed by atoms with Gasteiger partial charge in [0, 0.05) is 11.8 Å². The molecule has 0 N–H and O–H groups in total. The first-order chi connectivity index (χ1) is 10.2. The molecule has 1 aromatic heterocycles. The van der Waals surface area contributed by atoms with Gasteiger partial charge in [-0.15, -0.1) is 0 Å². The van der Waals surface area contributed by atoms with E-state index in [2.05, 4.69) is 9.72 Å². The Labute approximate surface area is 119 Å². The van der Waals surface area contributed by atoms with E-state index in [1.165, 1.54) is 36.5 Å². The lowest BCUT2D eigenvalue weighted by atomic mass is 10.1. The topological polar surface area (TPSA) is 90.4 Å². The second kappa shape index (κ2) is 6.33. The second-order valence-electron chi connectivity index (χ2n) is 3.94. The number of carbonyl (C=O) groups excluding carboxylic acids is 4. The number of ether oxygens (including phenoxy) is 1. The van der Waals surface area contributed by atoms with Crippen molar-refractivity contribution in [2.45, 2.75) is 0 Å². The Morgan fingerprint density at radius 3 is 2.29 bits per heavy atom. The molecule has 0 aliphatic heterocycles. The zero-order valence-corrected chi connectivity index (χ0v) is 10.7. The molecule has 0 atom stereocenters. The third-order valence-corrected chi connectivity index (χ3v) is 2.66. The van der Waals surface area contributed by atoms with Gasteiger partial charge in [-0.1, -0.05) is 18.2 Å². The zero-order chi connectivity index (χ0) is 15.2. The van der Waals surface area contributed by atoms with E-state index < -0.39 is 11.9 Å². The predicted molar refractivity (Wildman–Crippen MR) is 71.2 cm³/mol. The predicted octanol–water partition coefficient (Wildman–Crippen LogP) is 1.70. The largest absolute Gasteiger partial charge is 0.386 e. The molecule has 0 unspecified atom stereocenters. The van der Waals surface area contributed by atoms with Gasteiger partial charge >= 0.3 is 11.9 Å². The van der Waals surface area contributed by atoms with Gasteiger partial charge in [0.15, 0.2) is 12.6 Å². The van der Waals surface area contributed by atoms with Crippen LogP contribution in [0.5, 0.6) is 0 Å². The Bertz CT molecular complexity index is 662. The van der Waals surface area contributed by atoms with E-state index in [0.29, 0.717) is 12.6 Å². The molecule has 1 aromatic carbocycles. The lowest BCUT2D eigenvalue weighted by molar-refractivity contribution is 0.0394. The quantitative estimate of drug-likeness (QED) is 0.482. The van der Waals surface area contributed by atoms with Gasteiger partial charge in [-0.2, -0.15) is 0 Å². The van der Waals surface area contributed by atoms with Crippen molar-refractivity contribution in [1.82, 2.24) is 4.98 Å². The van der Waals surface area contributed by atoms with Crippen molar-refractivity contribution in [2.24, 2.45) is 0 Å². The first-order valence-electron chi connectivity index (χ1n) is 5.88. The first kappa shape index (κ1) is 14.3. The monoisotopic (exact) mass is 283 g/mol. The summed E-state index contributed by atoms with van der Waals surface area (Å²) in [6, 6.07) is 8.66. The smallest absolute Gasteiger partial charge is 0.348 e. The number of hydrogen-bond acceptors (Lipinski definition) is 6. The van der Waals surface area contributed by atoms with Crippen LogP contribution in [0.4, 0.5) is 0 Å². The van der Waals surface area contributed by atoms with Crippen molar-refractivity contribution in [2.75, 3.05) is 0 Å². The molecule has 0 saturated heterocycles. The lowest BCUT2D eigenvalue weighted by Crippen LogP contribution is -2.16. The van der Waals surface area contributed by atoms with E-state index >= 15 is 0 Å². The highest BCUT2D eigenvalue weighted by Gasteiger charge is 2.20. The number of rotatable bonds is 4. The van der Waals surface area contributed by atoms with Crippen LogP contribution < -0.4 is 0 Å². The standard InChI is InChI=1S/C15H9NO5/c17-8-10-4-1-2-5-11(10)14(19)21-15(20)12-6-3-7-16-13(12)9-18/h1-9H. The van der Waals surface area contributed by atoms with E-state index in [1.807, 2.05) is 0 Å². The number of aromatic nitrogens is 1. The summed E-state index contributed by atoms with van der Waals surface area (Å²) < 4.78 is 4.67. The van der Waals surface area contributed by atoms with Gasteiger partial charge < -0.3 is 4.74 Å². The van der Waals surface area contributed by atoms with Crippen LogP contribution in [-0.4, -0.2) is 29.5 Å². The molecular formula is C15H9NO5. The summed E-state index contributed by atoms with van der Waals surface area (Å²) in [6.45, 7) is 0. The summed E-state index contributed by atoms with van der Waals surface area (Å²) in [4.78, 5) is 49.1. The average Bonchev–Trinajstić information content (AvgIpc) is 2.54. The van der Waals surface area contributed by atoms with Gasteiger partial charge in [-0.05, 0) is 18.2 Å². The molecule has 21 heavy (non-hydrogen) atoms. The molecule has 0 spiro atoms. The van der Waals surface area contributed by atoms with Crippen LogP contribution >= 0.6 is 0 Å². The molecule has 0 aliphatic rings. The molecule has 2 aromatic rings. The number of hydrogen-bond donors (Lipinski definition) is 0. The summed E-state index contributed by atoms with van der Waals surface area (Å²) in [5.41, 5.74) is -0.169. The average molecular weight is 283 g/mol. The molecule has 0 radical (unpaired) electrons. The fourth-order valence-corrected chi connectivity index (χ4v) is 1.66. The van der Waals surface area contributed by atoms with Crippen LogP contribution in [0.3, 0.4) is 0 Å². The van der Waals surface area contributed by atoms with Gasteiger partial charge in [0.25, 0.3) is 0 Å². The fourth-order valence-electron chi connectivity index (χ4n) is 1.66. The van der Waals surface area contributed by atoms with E-state index in [9.17, 15) is 19.2 Å². The fraction of sp³-hybridized carbons (Fsp3) is 0. The van der Waals surface area contributed by atoms with Gasteiger partial charge in [0.2, 0.25) is 0 Å². The van der Waals surface area contributed by atoms with E-state index in [-0.39, 0.29) is 22.4 Å². The van der Waals surface area contributed by atoms with Gasteiger partial charge in [-0.3, -0.25) is 14.6 Å². The number of carbonyl (C=O) groups is 4. The number of benzene rings is 1. The molecule has 0 bridgehead atoms. The Morgan fingerprint density at radius 1 is 0.905 bits per heavy atom. The van der Waals surface area contributed by atoms with Crippen LogP contribution in [0.15, 0.2) is 42.6 Å². The molecule has 2 rings (SSSR count). The highest BCUT2D eigenvalue weighted by molar-refractivity contribution is 6.07. The number of nitrogens with zero attached hydrogens (tertiary/aromatic N) is 1. The molecule has 6 heteroatoms. The van der Waals surface area contributed by atoms with Crippen molar-refractivity contribution in [3.8, 4) is 0 Å². The summed E-state index contributed by atoms with van der Waals surface area (Å²) >= 11 is 0. The Kier molecular flexibility index (Phi) is 4.30. The van der Waals surface area contributed by atoms with Crippen LogP contribution in [0.1, 0.15) is 41.6 Å².